The van der Waals surface area contributed by atoms with Gasteiger partial charge in [0.2, 0.25) is 0 Å². The SMILES string of the molecule is CCNC(=O)c1ccc(CN=C(NCC)NC2CCN(Cc3ccccc3)C(C)C2)cc1.I. The Kier molecular flexibility index (Phi) is 11.7. The smallest absolute Gasteiger partial charge is 0.251 e. The minimum atomic E-state index is -0.0368. The molecule has 2 atom stereocenters. The number of likely N-dealkylation sites (tertiary alicyclic amines) is 1. The van der Waals surface area contributed by atoms with Crippen LogP contribution in [-0.2, 0) is 13.1 Å². The predicted molar refractivity (Wildman–Crippen MR) is 147 cm³/mol. The number of guanidine groups is 1. The highest BCUT2D eigenvalue weighted by atomic mass is 127. The molecule has 1 fully saturated rings. The van der Waals surface area contributed by atoms with E-state index in [1.807, 2.05) is 31.2 Å². The molecule has 0 saturated carbocycles. The second kappa shape index (κ2) is 14.2. The van der Waals surface area contributed by atoms with Gasteiger partial charge >= 0.3 is 0 Å². The van der Waals surface area contributed by atoms with E-state index in [2.05, 4.69) is 65.0 Å². The molecule has 2 aromatic rings. The predicted octanol–water partition coefficient (Wildman–Crippen LogP) is 4.16. The maximum atomic E-state index is 11.9. The van der Waals surface area contributed by atoms with Gasteiger partial charge in [-0.15, -0.1) is 24.0 Å². The first-order chi connectivity index (χ1) is 15.6. The Labute approximate surface area is 215 Å². The van der Waals surface area contributed by atoms with Crippen LogP contribution in [-0.4, -0.2) is 48.5 Å². The summed E-state index contributed by atoms with van der Waals surface area (Å²) in [5, 5.41) is 9.83. The number of nitrogens with one attached hydrogen (secondary N) is 3. The fraction of sp³-hybridized carbons (Fsp3) is 0.462. The highest BCUT2D eigenvalue weighted by Gasteiger charge is 2.25. The number of amides is 1. The number of benzene rings is 2. The zero-order chi connectivity index (χ0) is 22.8. The number of rotatable bonds is 8. The summed E-state index contributed by atoms with van der Waals surface area (Å²) in [6.07, 6.45) is 2.20. The van der Waals surface area contributed by atoms with Crippen molar-refractivity contribution >= 4 is 35.8 Å². The third-order valence-corrected chi connectivity index (χ3v) is 5.90. The lowest BCUT2D eigenvalue weighted by atomic mass is 9.97. The third kappa shape index (κ3) is 8.62. The van der Waals surface area contributed by atoms with E-state index in [9.17, 15) is 4.79 Å². The lowest BCUT2D eigenvalue weighted by Gasteiger charge is -2.38. The fourth-order valence-electron chi connectivity index (χ4n) is 4.11. The van der Waals surface area contributed by atoms with Crippen molar-refractivity contribution < 1.29 is 4.79 Å². The van der Waals surface area contributed by atoms with Crippen LogP contribution in [0.2, 0.25) is 0 Å². The van der Waals surface area contributed by atoms with E-state index in [1.54, 1.807) is 0 Å². The van der Waals surface area contributed by atoms with Gasteiger partial charge in [-0.3, -0.25) is 9.69 Å². The van der Waals surface area contributed by atoms with Crippen molar-refractivity contribution in [2.75, 3.05) is 19.6 Å². The van der Waals surface area contributed by atoms with Crippen molar-refractivity contribution in [3.63, 3.8) is 0 Å². The molecular weight excluding hydrogens is 525 g/mol. The quantitative estimate of drug-likeness (QED) is 0.257. The third-order valence-electron chi connectivity index (χ3n) is 5.90. The van der Waals surface area contributed by atoms with Gasteiger partial charge in [-0.05, 0) is 56.9 Å². The van der Waals surface area contributed by atoms with Crippen molar-refractivity contribution in [1.82, 2.24) is 20.9 Å². The number of hydrogen-bond donors (Lipinski definition) is 3. The highest BCUT2D eigenvalue weighted by molar-refractivity contribution is 14.0. The minimum Gasteiger partial charge on any atom is -0.357 e. The van der Waals surface area contributed by atoms with Crippen molar-refractivity contribution in [1.29, 1.82) is 0 Å². The summed E-state index contributed by atoms with van der Waals surface area (Å²) in [6, 6.07) is 19.3. The average molecular weight is 564 g/mol. The Hall–Kier alpha value is -2.13. The standard InChI is InChI=1S/C26H37N5O.HI/c1-4-27-25(32)23-13-11-21(12-14-23)18-29-26(28-5-2)30-24-15-16-31(20(3)17-24)19-22-9-7-6-8-10-22;/h6-14,20,24H,4-5,15-19H2,1-3H3,(H,27,32)(H2,28,29,30);1H. The maximum Gasteiger partial charge on any atom is 0.251 e. The molecule has 0 spiro atoms. The van der Waals surface area contributed by atoms with E-state index in [-0.39, 0.29) is 29.9 Å². The van der Waals surface area contributed by atoms with Gasteiger partial charge in [0.25, 0.3) is 5.91 Å². The number of halogens is 1. The van der Waals surface area contributed by atoms with Crippen molar-refractivity contribution in [2.24, 2.45) is 4.99 Å². The zero-order valence-electron chi connectivity index (χ0n) is 20.0. The number of carbonyl (C=O) groups is 1. The molecule has 2 unspecified atom stereocenters. The molecule has 3 rings (SSSR count). The Morgan fingerprint density at radius 2 is 1.70 bits per heavy atom. The number of nitrogens with zero attached hydrogens (tertiary/aromatic N) is 2. The van der Waals surface area contributed by atoms with E-state index in [0.717, 1.165) is 44.0 Å². The first kappa shape index (κ1) is 27.1. The Bertz CT molecular complexity index is 872. The van der Waals surface area contributed by atoms with Crippen molar-refractivity contribution in [3.8, 4) is 0 Å². The van der Waals surface area contributed by atoms with Crippen LogP contribution in [0.1, 0.15) is 55.1 Å². The van der Waals surface area contributed by atoms with Crippen LogP contribution in [0.15, 0.2) is 59.6 Å². The first-order valence-electron chi connectivity index (χ1n) is 11.8. The normalized spacial score (nSPS) is 18.8. The number of hydrogen-bond acceptors (Lipinski definition) is 3. The summed E-state index contributed by atoms with van der Waals surface area (Å²) in [5.74, 6) is 0.819. The van der Waals surface area contributed by atoms with Gasteiger partial charge in [0.05, 0.1) is 6.54 Å². The van der Waals surface area contributed by atoms with Gasteiger partial charge in [-0.1, -0.05) is 42.5 Å². The number of carbonyl (C=O) groups excluding carboxylic acids is 1. The van der Waals surface area contributed by atoms with Crippen LogP contribution in [0, 0.1) is 0 Å². The average Bonchev–Trinajstić information content (AvgIpc) is 2.80. The monoisotopic (exact) mass is 563 g/mol. The van der Waals surface area contributed by atoms with Gasteiger partial charge in [0.1, 0.15) is 0 Å². The molecule has 2 aromatic carbocycles. The lowest BCUT2D eigenvalue weighted by Crippen LogP contribution is -2.51. The van der Waals surface area contributed by atoms with E-state index in [4.69, 9.17) is 4.99 Å². The van der Waals surface area contributed by atoms with E-state index in [0.29, 0.717) is 30.7 Å². The van der Waals surface area contributed by atoms with Gasteiger partial charge in [-0.2, -0.15) is 0 Å². The molecule has 0 bridgehead atoms. The summed E-state index contributed by atoms with van der Waals surface area (Å²) in [5.41, 5.74) is 3.14. The van der Waals surface area contributed by atoms with Crippen LogP contribution >= 0.6 is 24.0 Å². The van der Waals surface area contributed by atoms with Crippen molar-refractivity contribution in [3.05, 3.63) is 71.3 Å². The molecular formula is C26H38IN5O. The molecule has 1 saturated heterocycles. The number of piperidine rings is 1. The van der Waals surface area contributed by atoms with Crippen molar-refractivity contribution in [2.45, 2.75) is 58.8 Å². The molecule has 1 amide bonds. The molecule has 3 N–H and O–H groups in total. The van der Waals surface area contributed by atoms with Gasteiger partial charge in [0, 0.05) is 43.8 Å². The lowest BCUT2D eigenvalue weighted by molar-refractivity contribution is 0.0956. The van der Waals surface area contributed by atoms with E-state index in [1.165, 1.54) is 5.56 Å². The molecule has 6 nitrogen and oxygen atoms in total. The molecule has 0 radical (unpaired) electrons. The number of aliphatic imine (C=N–C) groups is 1. The maximum absolute atomic E-state index is 11.9. The summed E-state index contributed by atoms with van der Waals surface area (Å²) in [4.78, 5) is 19.3. The molecule has 7 heteroatoms. The molecule has 0 aromatic heterocycles. The largest absolute Gasteiger partial charge is 0.357 e. The Morgan fingerprint density at radius 3 is 2.33 bits per heavy atom. The van der Waals surface area contributed by atoms with Crippen LogP contribution in [0.5, 0.6) is 0 Å². The molecule has 180 valence electrons. The van der Waals surface area contributed by atoms with Crippen LogP contribution in [0.4, 0.5) is 0 Å². The zero-order valence-corrected chi connectivity index (χ0v) is 22.3. The van der Waals surface area contributed by atoms with E-state index >= 15 is 0 Å². The summed E-state index contributed by atoms with van der Waals surface area (Å²) >= 11 is 0. The van der Waals surface area contributed by atoms with Crippen LogP contribution < -0.4 is 16.0 Å². The van der Waals surface area contributed by atoms with Gasteiger partial charge in [-0.25, -0.2) is 4.99 Å². The Balaban J connectivity index is 0.00000385. The van der Waals surface area contributed by atoms with E-state index < -0.39 is 0 Å². The molecule has 33 heavy (non-hydrogen) atoms. The molecule has 1 aliphatic heterocycles. The first-order valence-corrected chi connectivity index (χ1v) is 11.8. The minimum absolute atomic E-state index is 0. The van der Waals surface area contributed by atoms with Crippen LogP contribution in [0.25, 0.3) is 0 Å². The molecule has 1 heterocycles. The molecule has 1 aliphatic rings. The van der Waals surface area contributed by atoms with Gasteiger partial charge in [0.15, 0.2) is 5.96 Å². The highest BCUT2D eigenvalue weighted by Crippen LogP contribution is 2.20. The summed E-state index contributed by atoms with van der Waals surface area (Å²) in [7, 11) is 0. The second-order valence-corrected chi connectivity index (χ2v) is 8.42. The van der Waals surface area contributed by atoms with Gasteiger partial charge < -0.3 is 16.0 Å². The summed E-state index contributed by atoms with van der Waals surface area (Å²) in [6.45, 7) is 10.4. The topological polar surface area (TPSA) is 68.8 Å². The fourth-order valence-corrected chi connectivity index (χ4v) is 4.11. The summed E-state index contributed by atoms with van der Waals surface area (Å²) < 4.78 is 0. The second-order valence-electron chi connectivity index (χ2n) is 8.42. The van der Waals surface area contributed by atoms with Crippen LogP contribution in [0.3, 0.4) is 0 Å². The Morgan fingerprint density at radius 1 is 1.00 bits per heavy atom. The molecule has 0 aliphatic carbocycles.